The second-order valence-corrected chi connectivity index (χ2v) is 4.96. The van der Waals surface area contributed by atoms with Crippen LogP contribution in [-0.4, -0.2) is 39.8 Å². The van der Waals surface area contributed by atoms with E-state index < -0.39 is 17.7 Å². The molecular weight excluding hydrogens is 251 g/mol. The van der Waals surface area contributed by atoms with E-state index in [2.05, 4.69) is 0 Å². The van der Waals surface area contributed by atoms with Crippen LogP contribution in [0.5, 0.6) is 0 Å². The van der Waals surface area contributed by atoms with Gasteiger partial charge in [0.1, 0.15) is 5.82 Å². The summed E-state index contributed by atoms with van der Waals surface area (Å²) < 4.78 is 12.8. The molecule has 0 aromatic heterocycles. The monoisotopic (exact) mass is 268 g/mol. The van der Waals surface area contributed by atoms with Crippen LogP contribution in [-0.2, 0) is 0 Å². The Morgan fingerprint density at radius 3 is 2.32 bits per heavy atom. The molecule has 1 aliphatic rings. The number of halogens is 1. The van der Waals surface area contributed by atoms with Crippen LogP contribution in [0.1, 0.15) is 24.5 Å². The van der Waals surface area contributed by atoms with Crippen LogP contribution in [0, 0.1) is 5.82 Å². The second-order valence-electron chi connectivity index (χ2n) is 4.96. The van der Waals surface area contributed by atoms with Gasteiger partial charge in [0.15, 0.2) is 0 Å². The van der Waals surface area contributed by atoms with Gasteiger partial charge in [-0.3, -0.25) is 0 Å². The molecule has 1 amide bonds. The molecule has 0 aliphatic carbocycles. The number of benzene rings is 1. The molecule has 1 heterocycles. The number of hydrogen-bond donors (Lipinski definition) is 3. The van der Waals surface area contributed by atoms with E-state index in [1.807, 2.05) is 0 Å². The third kappa shape index (κ3) is 2.85. The summed E-state index contributed by atoms with van der Waals surface area (Å²) in [6.45, 7) is 0.591. The van der Waals surface area contributed by atoms with E-state index in [0.717, 1.165) is 0 Å². The Bertz CT molecular complexity index is 455. The lowest BCUT2D eigenvalue weighted by atomic mass is 9.80. The number of rotatable bonds is 2. The molecule has 19 heavy (non-hydrogen) atoms. The molecule has 1 aliphatic heterocycles. The number of carboxylic acid groups (broad SMARTS) is 1. The van der Waals surface area contributed by atoms with Crippen molar-refractivity contribution in [2.75, 3.05) is 13.1 Å². The van der Waals surface area contributed by atoms with Gasteiger partial charge in [-0.1, -0.05) is 12.1 Å². The maximum Gasteiger partial charge on any atom is 0.407 e. The van der Waals surface area contributed by atoms with Gasteiger partial charge in [0, 0.05) is 18.6 Å². The molecule has 104 valence electrons. The van der Waals surface area contributed by atoms with Crippen LogP contribution in [0.25, 0.3) is 0 Å². The van der Waals surface area contributed by atoms with Gasteiger partial charge in [-0.2, -0.15) is 0 Å². The smallest absolute Gasteiger partial charge is 0.407 e. The summed E-state index contributed by atoms with van der Waals surface area (Å²) in [6, 6.07) is 5.54. The van der Waals surface area contributed by atoms with Gasteiger partial charge in [-0.15, -0.1) is 0 Å². The third-order valence-corrected chi connectivity index (χ3v) is 3.70. The number of likely N-dealkylation sites (tertiary alicyclic amines) is 1. The first kappa shape index (κ1) is 13.8. The number of nitrogens with zero attached hydrogens (tertiary/aromatic N) is 1. The molecule has 0 bridgehead atoms. The molecule has 0 radical (unpaired) electrons. The Morgan fingerprint density at radius 2 is 1.84 bits per heavy atom. The minimum Gasteiger partial charge on any atom is -0.465 e. The van der Waals surface area contributed by atoms with Gasteiger partial charge in [0.05, 0.1) is 6.10 Å². The van der Waals surface area contributed by atoms with Crippen molar-refractivity contribution in [2.24, 2.45) is 5.73 Å². The Kier molecular flexibility index (Phi) is 3.73. The average Bonchev–Trinajstić information content (AvgIpc) is 2.39. The predicted octanol–water partition coefficient (Wildman–Crippen LogP) is 1.33. The molecule has 5 nitrogen and oxygen atoms in total. The number of hydrogen-bond acceptors (Lipinski definition) is 3. The lowest BCUT2D eigenvalue weighted by Crippen LogP contribution is -2.55. The molecule has 1 aromatic rings. The predicted molar refractivity (Wildman–Crippen MR) is 67.1 cm³/mol. The summed E-state index contributed by atoms with van der Waals surface area (Å²) in [6.07, 6.45) is -1.15. The summed E-state index contributed by atoms with van der Waals surface area (Å²) in [5, 5.41) is 19.2. The zero-order valence-electron chi connectivity index (χ0n) is 10.4. The highest BCUT2D eigenvalue weighted by Gasteiger charge is 2.39. The molecular formula is C13H17FN2O3. The van der Waals surface area contributed by atoms with Gasteiger partial charge in [0.2, 0.25) is 0 Å². The quantitative estimate of drug-likeness (QED) is 0.755. The SMILES string of the molecule is NC1(C(O)c2ccc(F)cc2)CCN(C(=O)O)CC1. The van der Waals surface area contributed by atoms with Crippen molar-refractivity contribution >= 4 is 6.09 Å². The van der Waals surface area contributed by atoms with Crippen LogP contribution in [0.3, 0.4) is 0 Å². The van der Waals surface area contributed by atoms with E-state index in [1.54, 1.807) is 0 Å². The summed E-state index contributed by atoms with van der Waals surface area (Å²) >= 11 is 0. The number of piperidine rings is 1. The van der Waals surface area contributed by atoms with Gasteiger partial charge in [-0.05, 0) is 30.5 Å². The number of aliphatic hydroxyl groups is 1. The van der Waals surface area contributed by atoms with Crippen LogP contribution >= 0.6 is 0 Å². The molecule has 1 saturated heterocycles. The van der Waals surface area contributed by atoms with Crippen LogP contribution in [0.15, 0.2) is 24.3 Å². The molecule has 6 heteroatoms. The second kappa shape index (κ2) is 5.14. The Hall–Kier alpha value is -1.66. The fraction of sp³-hybridized carbons (Fsp3) is 0.462. The van der Waals surface area contributed by atoms with Crippen LogP contribution in [0.2, 0.25) is 0 Å². The first-order valence-corrected chi connectivity index (χ1v) is 6.13. The molecule has 4 N–H and O–H groups in total. The Morgan fingerprint density at radius 1 is 1.32 bits per heavy atom. The molecule has 1 fully saturated rings. The fourth-order valence-electron chi connectivity index (χ4n) is 2.36. The number of carbonyl (C=O) groups is 1. The van der Waals surface area contributed by atoms with Gasteiger partial charge >= 0.3 is 6.09 Å². The number of amides is 1. The molecule has 2 rings (SSSR count). The van der Waals surface area contributed by atoms with E-state index in [0.29, 0.717) is 31.5 Å². The highest BCUT2D eigenvalue weighted by Crippen LogP contribution is 2.32. The fourth-order valence-corrected chi connectivity index (χ4v) is 2.36. The van der Waals surface area contributed by atoms with E-state index in [-0.39, 0.29) is 5.82 Å². The first-order valence-electron chi connectivity index (χ1n) is 6.13. The highest BCUT2D eigenvalue weighted by atomic mass is 19.1. The zero-order valence-corrected chi connectivity index (χ0v) is 10.4. The van der Waals surface area contributed by atoms with Crippen LogP contribution in [0.4, 0.5) is 9.18 Å². The van der Waals surface area contributed by atoms with E-state index in [4.69, 9.17) is 10.8 Å². The van der Waals surface area contributed by atoms with Gasteiger partial charge in [-0.25, -0.2) is 9.18 Å². The maximum atomic E-state index is 12.8. The lowest BCUT2D eigenvalue weighted by Gasteiger charge is -2.41. The zero-order chi connectivity index (χ0) is 14.0. The van der Waals surface area contributed by atoms with Gasteiger partial charge < -0.3 is 20.8 Å². The van der Waals surface area contributed by atoms with Crippen molar-refractivity contribution in [2.45, 2.75) is 24.5 Å². The van der Waals surface area contributed by atoms with Gasteiger partial charge in [0.25, 0.3) is 0 Å². The van der Waals surface area contributed by atoms with Crippen molar-refractivity contribution in [3.63, 3.8) is 0 Å². The summed E-state index contributed by atoms with van der Waals surface area (Å²) in [4.78, 5) is 12.1. The third-order valence-electron chi connectivity index (χ3n) is 3.70. The van der Waals surface area contributed by atoms with Crippen molar-refractivity contribution in [3.8, 4) is 0 Å². The standard InChI is InChI=1S/C13H17FN2O3/c14-10-3-1-9(2-4-10)11(17)13(15)5-7-16(8-6-13)12(18)19/h1-4,11,17H,5-8,15H2,(H,18,19). The summed E-state index contributed by atoms with van der Waals surface area (Å²) in [5.74, 6) is -0.372. The molecule has 0 saturated carbocycles. The Labute approximate surface area is 110 Å². The topological polar surface area (TPSA) is 86.8 Å². The van der Waals surface area contributed by atoms with Crippen LogP contribution < -0.4 is 5.73 Å². The summed E-state index contributed by atoms with van der Waals surface area (Å²) in [7, 11) is 0. The maximum absolute atomic E-state index is 12.8. The largest absolute Gasteiger partial charge is 0.465 e. The van der Waals surface area contributed by atoms with E-state index >= 15 is 0 Å². The molecule has 1 atom stereocenters. The average molecular weight is 268 g/mol. The highest BCUT2D eigenvalue weighted by molar-refractivity contribution is 5.65. The van der Waals surface area contributed by atoms with E-state index in [9.17, 15) is 14.3 Å². The summed E-state index contributed by atoms with van der Waals surface area (Å²) in [5.41, 5.74) is 5.85. The molecule has 1 aromatic carbocycles. The van der Waals surface area contributed by atoms with Crippen molar-refractivity contribution < 1.29 is 19.4 Å². The van der Waals surface area contributed by atoms with E-state index in [1.165, 1.54) is 29.2 Å². The number of nitrogens with two attached hydrogens (primary N) is 1. The van der Waals surface area contributed by atoms with Crippen molar-refractivity contribution in [1.29, 1.82) is 0 Å². The normalized spacial score (nSPS) is 20.1. The van der Waals surface area contributed by atoms with Crippen molar-refractivity contribution in [3.05, 3.63) is 35.6 Å². The van der Waals surface area contributed by atoms with Crippen molar-refractivity contribution in [1.82, 2.24) is 4.90 Å². The lowest BCUT2D eigenvalue weighted by molar-refractivity contribution is 0.0357. The first-order chi connectivity index (χ1) is 8.92. The Balaban J connectivity index is 2.08. The minimum atomic E-state index is -0.974. The molecule has 0 spiro atoms. The molecule has 1 unspecified atom stereocenters. The minimum absolute atomic E-state index is 0.296. The number of aliphatic hydroxyl groups excluding tert-OH is 1.